The van der Waals surface area contributed by atoms with E-state index in [4.69, 9.17) is 23.7 Å². The molecule has 4 rings (SSSR count). The van der Waals surface area contributed by atoms with Crippen molar-refractivity contribution in [3.63, 3.8) is 0 Å². The van der Waals surface area contributed by atoms with Gasteiger partial charge in [0.05, 0.1) is 43.4 Å². The van der Waals surface area contributed by atoms with Crippen LogP contribution in [0.25, 0.3) is 10.8 Å². The van der Waals surface area contributed by atoms with Gasteiger partial charge in [0, 0.05) is 24.5 Å². The highest BCUT2D eigenvalue weighted by molar-refractivity contribution is 6.13. The first-order valence-corrected chi connectivity index (χ1v) is 11.2. The molecule has 8 nitrogen and oxygen atoms in total. The molecule has 1 aliphatic carbocycles. The maximum absolute atomic E-state index is 13.0. The van der Waals surface area contributed by atoms with Crippen LogP contribution in [-0.4, -0.2) is 45.3 Å². The molecule has 0 radical (unpaired) electrons. The Morgan fingerprint density at radius 1 is 1.09 bits per heavy atom. The molecule has 0 fully saturated rings. The minimum absolute atomic E-state index is 0.128. The van der Waals surface area contributed by atoms with Gasteiger partial charge in [0.2, 0.25) is 0 Å². The van der Waals surface area contributed by atoms with E-state index in [1.54, 1.807) is 20.1 Å². The number of hydrogen-bond acceptors (Lipinski definition) is 8. The second-order valence-electron chi connectivity index (χ2n) is 8.31. The second kappa shape index (κ2) is 10.3. The molecule has 3 aromatic carbocycles. The molecule has 0 amide bonds. The molecule has 8 heteroatoms. The number of ether oxygens (including phenoxy) is 5. The fourth-order valence-corrected chi connectivity index (χ4v) is 4.57. The number of aldehydes is 1. The van der Waals surface area contributed by atoms with Gasteiger partial charge in [0.25, 0.3) is 0 Å². The number of aromatic hydroxyl groups is 1. The predicted molar refractivity (Wildman–Crippen MR) is 129 cm³/mol. The monoisotopic (exact) mass is 480 g/mol. The molecule has 35 heavy (non-hydrogen) atoms. The molecule has 3 aromatic rings. The number of hydrogen-bond donors (Lipinski definition) is 1. The number of Topliss-reactive ketones (excluding diaryl/α,β-unsaturated/α-hetero) is 1. The van der Waals surface area contributed by atoms with Gasteiger partial charge in [-0.25, -0.2) is 0 Å². The van der Waals surface area contributed by atoms with E-state index in [-0.39, 0.29) is 47.0 Å². The highest BCUT2D eigenvalue weighted by atomic mass is 16.7. The highest BCUT2D eigenvalue weighted by Crippen LogP contribution is 2.51. The lowest BCUT2D eigenvalue weighted by Crippen LogP contribution is -2.20. The quantitative estimate of drug-likeness (QED) is 0.341. The molecule has 0 bridgehead atoms. The molecular formula is C27H28O8. The van der Waals surface area contributed by atoms with E-state index in [9.17, 15) is 14.7 Å². The Balaban J connectivity index is 1.87. The van der Waals surface area contributed by atoms with Crippen molar-refractivity contribution in [1.29, 1.82) is 0 Å². The molecule has 1 N–H and O–H groups in total. The molecule has 1 aliphatic rings. The second-order valence-corrected chi connectivity index (χ2v) is 8.31. The molecule has 0 saturated carbocycles. The summed E-state index contributed by atoms with van der Waals surface area (Å²) in [6, 6.07) is 9.27. The fraction of sp³-hybridized carbons (Fsp3) is 0.333. The summed E-state index contributed by atoms with van der Waals surface area (Å²) >= 11 is 0. The average molecular weight is 481 g/mol. The Kier molecular flexibility index (Phi) is 7.23. The van der Waals surface area contributed by atoms with Crippen LogP contribution >= 0.6 is 0 Å². The maximum Gasteiger partial charge on any atom is 0.188 e. The van der Waals surface area contributed by atoms with Crippen LogP contribution in [-0.2, 0) is 16.1 Å². The van der Waals surface area contributed by atoms with E-state index in [2.05, 4.69) is 0 Å². The Hall–Kier alpha value is -3.62. The summed E-state index contributed by atoms with van der Waals surface area (Å²) < 4.78 is 28.0. The topological polar surface area (TPSA) is 101 Å². The minimum atomic E-state index is -0.482. The molecule has 0 aromatic heterocycles. The zero-order valence-electron chi connectivity index (χ0n) is 20.2. The molecule has 0 spiro atoms. The number of aryl methyl sites for hydroxylation is 1. The predicted octanol–water partition coefficient (Wildman–Crippen LogP) is 4.90. The first-order valence-electron chi connectivity index (χ1n) is 11.2. The van der Waals surface area contributed by atoms with Crippen LogP contribution in [0.4, 0.5) is 0 Å². The van der Waals surface area contributed by atoms with Crippen molar-refractivity contribution in [1.82, 2.24) is 0 Å². The third-order valence-corrected chi connectivity index (χ3v) is 6.25. The largest absolute Gasteiger partial charge is 0.506 e. The Bertz CT molecular complexity index is 1260. The van der Waals surface area contributed by atoms with E-state index >= 15 is 0 Å². The summed E-state index contributed by atoms with van der Waals surface area (Å²) in [6.45, 7) is 1.93. The van der Waals surface area contributed by atoms with Crippen molar-refractivity contribution in [3.8, 4) is 23.0 Å². The maximum atomic E-state index is 13.0. The first-order chi connectivity index (χ1) is 16.9. The van der Waals surface area contributed by atoms with E-state index in [1.807, 2.05) is 24.3 Å². The van der Waals surface area contributed by atoms with E-state index in [0.717, 1.165) is 11.3 Å². The number of fused-ring (bicyclic) bond motifs is 2. The van der Waals surface area contributed by atoms with Crippen molar-refractivity contribution in [2.75, 3.05) is 28.1 Å². The van der Waals surface area contributed by atoms with E-state index in [1.165, 1.54) is 14.2 Å². The van der Waals surface area contributed by atoms with Crippen LogP contribution in [0.3, 0.4) is 0 Å². The normalized spacial score (nSPS) is 15.1. The van der Waals surface area contributed by atoms with Crippen LogP contribution in [0.5, 0.6) is 23.0 Å². The minimum Gasteiger partial charge on any atom is -0.506 e. The summed E-state index contributed by atoms with van der Waals surface area (Å²) in [5.74, 6) is 0.811. The van der Waals surface area contributed by atoms with Gasteiger partial charge in [-0.3, -0.25) is 9.59 Å². The zero-order chi connectivity index (χ0) is 25.1. The van der Waals surface area contributed by atoms with Gasteiger partial charge >= 0.3 is 0 Å². The van der Waals surface area contributed by atoms with Crippen LogP contribution in [0.15, 0.2) is 30.3 Å². The number of rotatable bonds is 9. The molecule has 1 unspecified atom stereocenters. The van der Waals surface area contributed by atoms with Crippen molar-refractivity contribution in [3.05, 3.63) is 58.1 Å². The van der Waals surface area contributed by atoms with Gasteiger partial charge in [-0.15, -0.1) is 0 Å². The number of ketones is 1. The molecular weight excluding hydrogens is 452 g/mol. The number of carbonyl (C=O) groups excluding carboxylic acids is 2. The Labute approximate surface area is 203 Å². The van der Waals surface area contributed by atoms with Gasteiger partial charge in [0.1, 0.15) is 23.0 Å². The summed E-state index contributed by atoms with van der Waals surface area (Å²) in [7, 11) is 4.57. The SMILES string of the molecule is COCOc1c(C=O)c(C)cc2c(OC)c3c(c(O)c12)C(=O)CCC3OCc1ccc(OC)cc1. The Morgan fingerprint density at radius 3 is 2.46 bits per heavy atom. The van der Waals surface area contributed by atoms with Crippen LogP contribution in [0, 0.1) is 6.92 Å². The highest BCUT2D eigenvalue weighted by Gasteiger charge is 2.36. The zero-order valence-corrected chi connectivity index (χ0v) is 20.2. The van der Waals surface area contributed by atoms with E-state index < -0.39 is 6.10 Å². The lowest BCUT2D eigenvalue weighted by atomic mass is 9.83. The fourth-order valence-electron chi connectivity index (χ4n) is 4.57. The summed E-state index contributed by atoms with van der Waals surface area (Å²) in [6.07, 6.45) is 0.822. The third kappa shape index (κ3) is 4.42. The van der Waals surface area contributed by atoms with Crippen LogP contribution in [0.2, 0.25) is 0 Å². The average Bonchev–Trinajstić information content (AvgIpc) is 2.87. The van der Waals surface area contributed by atoms with Gasteiger partial charge in [-0.2, -0.15) is 0 Å². The van der Waals surface area contributed by atoms with Crippen molar-refractivity contribution in [2.24, 2.45) is 0 Å². The van der Waals surface area contributed by atoms with Crippen molar-refractivity contribution < 1.29 is 38.4 Å². The van der Waals surface area contributed by atoms with Gasteiger partial charge in [-0.05, 0) is 42.7 Å². The van der Waals surface area contributed by atoms with Crippen LogP contribution < -0.4 is 14.2 Å². The molecule has 0 heterocycles. The summed E-state index contributed by atoms with van der Waals surface area (Å²) in [5, 5.41) is 12.1. The molecule has 0 aliphatic heterocycles. The summed E-state index contributed by atoms with van der Waals surface area (Å²) in [5.41, 5.74) is 2.47. The van der Waals surface area contributed by atoms with E-state index in [0.29, 0.717) is 41.6 Å². The Morgan fingerprint density at radius 2 is 1.83 bits per heavy atom. The molecule has 184 valence electrons. The lowest BCUT2D eigenvalue weighted by molar-refractivity contribution is 0.0261. The number of phenols is 1. The number of benzene rings is 3. The van der Waals surface area contributed by atoms with Crippen LogP contribution in [0.1, 0.15) is 56.4 Å². The molecule has 0 saturated heterocycles. The smallest absolute Gasteiger partial charge is 0.188 e. The van der Waals surface area contributed by atoms with Gasteiger partial charge in [-0.1, -0.05) is 12.1 Å². The lowest BCUT2D eigenvalue weighted by Gasteiger charge is -2.29. The molecule has 1 atom stereocenters. The number of methoxy groups -OCH3 is 3. The number of phenolic OH excluding ortho intramolecular Hbond substituents is 1. The first kappa shape index (κ1) is 24.5. The van der Waals surface area contributed by atoms with Crippen molar-refractivity contribution in [2.45, 2.75) is 32.5 Å². The van der Waals surface area contributed by atoms with Gasteiger partial charge in [0.15, 0.2) is 18.9 Å². The number of carbonyl (C=O) groups is 2. The third-order valence-electron chi connectivity index (χ3n) is 6.25. The summed E-state index contributed by atoms with van der Waals surface area (Å²) in [4.78, 5) is 24.9. The van der Waals surface area contributed by atoms with Gasteiger partial charge < -0.3 is 28.8 Å². The van der Waals surface area contributed by atoms with Crippen molar-refractivity contribution >= 4 is 22.8 Å². The standard InChI is InChI=1S/C27H28O8/c1-15-11-18-22(27(19(15)12-28)35-14-31-2)25(30)23-20(29)9-10-21(24(23)26(18)33-4)34-13-16-5-7-17(32-3)8-6-16/h5-8,11-12,21,30H,9-10,13-14H2,1-4H3.